The first-order chi connectivity index (χ1) is 13.4. The van der Waals surface area contributed by atoms with E-state index in [4.69, 9.17) is 0 Å². The summed E-state index contributed by atoms with van der Waals surface area (Å²) in [7, 11) is 0. The van der Waals surface area contributed by atoms with Crippen molar-refractivity contribution in [1.29, 1.82) is 0 Å². The van der Waals surface area contributed by atoms with Crippen LogP contribution < -0.4 is 5.32 Å². The van der Waals surface area contributed by atoms with Crippen molar-refractivity contribution in [3.8, 4) is 0 Å². The molecule has 6 heteroatoms. The number of piperazine rings is 1. The summed E-state index contributed by atoms with van der Waals surface area (Å²) >= 11 is 0. The topological polar surface area (TPSA) is 57.6 Å². The Bertz CT molecular complexity index is 696. The zero-order valence-electron chi connectivity index (χ0n) is 18.0. The largest absolute Gasteiger partial charge is 0.353 e. The third-order valence-corrected chi connectivity index (χ3v) is 6.13. The molecule has 1 saturated carbocycles. The van der Waals surface area contributed by atoms with Gasteiger partial charge in [-0.2, -0.15) is 0 Å². The fraction of sp³-hybridized carbons (Fsp3) is 0.727. The summed E-state index contributed by atoms with van der Waals surface area (Å²) < 4.78 is 2.40. The summed E-state index contributed by atoms with van der Waals surface area (Å²) in [5.74, 6) is 0.201. The lowest BCUT2D eigenvalue weighted by atomic mass is 9.95. The van der Waals surface area contributed by atoms with Gasteiger partial charge in [-0.25, -0.2) is 0 Å². The van der Waals surface area contributed by atoms with Crippen LogP contribution in [0.1, 0.15) is 73.7 Å². The van der Waals surface area contributed by atoms with Crippen LogP contribution in [0, 0.1) is 13.8 Å². The predicted octanol–water partition coefficient (Wildman–Crippen LogP) is 2.89. The van der Waals surface area contributed by atoms with E-state index in [1.807, 2.05) is 18.7 Å². The van der Waals surface area contributed by atoms with E-state index < -0.39 is 0 Å². The van der Waals surface area contributed by atoms with Crippen LogP contribution in [0.3, 0.4) is 0 Å². The van der Waals surface area contributed by atoms with Gasteiger partial charge in [-0.15, -0.1) is 0 Å². The molecular formula is C22H36N4O2. The van der Waals surface area contributed by atoms with Crippen molar-refractivity contribution >= 4 is 11.8 Å². The molecule has 2 amide bonds. The predicted molar refractivity (Wildman–Crippen MR) is 112 cm³/mol. The second kappa shape index (κ2) is 9.12. The van der Waals surface area contributed by atoms with Crippen molar-refractivity contribution < 1.29 is 9.59 Å². The molecule has 0 unspecified atom stereocenters. The molecule has 1 aliphatic heterocycles. The second-order valence-corrected chi connectivity index (χ2v) is 8.74. The second-order valence-electron chi connectivity index (χ2n) is 8.74. The molecule has 1 aromatic rings. The lowest BCUT2D eigenvalue weighted by Gasteiger charge is -2.34. The molecule has 28 heavy (non-hydrogen) atoms. The highest BCUT2D eigenvalue weighted by molar-refractivity contribution is 5.95. The molecule has 0 bridgehead atoms. The number of nitrogens with zero attached hydrogens (tertiary/aromatic N) is 3. The number of nitrogens with one attached hydrogen (secondary N) is 1. The lowest BCUT2D eigenvalue weighted by molar-refractivity contribution is -0.123. The Morgan fingerprint density at radius 2 is 1.71 bits per heavy atom. The molecule has 2 fully saturated rings. The van der Waals surface area contributed by atoms with Gasteiger partial charge in [-0.1, -0.05) is 19.3 Å². The van der Waals surface area contributed by atoms with Gasteiger partial charge >= 0.3 is 0 Å². The van der Waals surface area contributed by atoms with E-state index in [0.29, 0.717) is 25.7 Å². The summed E-state index contributed by atoms with van der Waals surface area (Å²) in [5.41, 5.74) is 3.18. The summed E-state index contributed by atoms with van der Waals surface area (Å²) in [4.78, 5) is 29.2. The smallest absolute Gasteiger partial charge is 0.255 e. The number of amides is 2. The normalized spacial score (nSPS) is 19.2. The zero-order valence-corrected chi connectivity index (χ0v) is 18.0. The van der Waals surface area contributed by atoms with Crippen LogP contribution in [0.2, 0.25) is 0 Å². The molecule has 0 atom stereocenters. The van der Waals surface area contributed by atoms with Gasteiger partial charge in [0, 0.05) is 49.7 Å². The minimum absolute atomic E-state index is 0.0609. The molecule has 2 heterocycles. The SMILES string of the molecule is Cc1cc(C(=O)N2CCN(CC(=O)NC(C)C)CC2)c(C)n1C1CCCCC1. The highest BCUT2D eigenvalue weighted by Crippen LogP contribution is 2.32. The maximum atomic E-state index is 13.2. The average molecular weight is 389 g/mol. The first kappa shape index (κ1) is 20.9. The van der Waals surface area contributed by atoms with Gasteiger partial charge in [-0.3, -0.25) is 14.5 Å². The van der Waals surface area contributed by atoms with Gasteiger partial charge in [0.2, 0.25) is 5.91 Å². The molecule has 6 nitrogen and oxygen atoms in total. The van der Waals surface area contributed by atoms with E-state index in [9.17, 15) is 9.59 Å². The van der Waals surface area contributed by atoms with Gasteiger partial charge in [-0.05, 0) is 46.6 Å². The van der Waals surface area contributed by atoms with E-state index >= 15 is 0 Å². The van der Waals surface area contributed by atoms with Crippen LogP contribution in [0.5, 0.6) is 0 Å². The zero-order chi connectivity index (χ0) is 20.3. The van der Waals surface area contributed by atoms with Crippen LogP contribution in [-0.4, -0.2) is 64.9 Å². The summed E-state index contributed by atoms with van der Waals surface area (Å²) in [6, 6.07) is 2.79. The molecule has 156 valence electrons. The molecule has 1 aliphatic carbocycles. The molecule has 0 aromatic carbocycles. The average Bonchev–Trinajstić information content (AvgIpc) is 2.96. The molecule has 1 saturated heterocycles. The van der Waals surface area contributed by atoms with Crippen molar-refractivity contribution in [3.63, 3.8) is 0 Å². The summed E-state index contributed by atoms with van der Waals surface area (Å²) in [6.45, 7) is 11.4. The summed E-state index contributed by atoms with van der Waals surface area (Å²) in [5, 5.41) is 2.93. The van der Waals surface area contributed by atoms with Crippen LogP contribution in [-0.2, 0) is 4.79 Å². The standard InChI is InChI=1S/C22H36N4O2/c1-16(2)23-21(27)15-24-10-12-25(13-11-24)22(28)20-14-17(3)26(18(20)4)19-8-6-5-7-9-19/h14,16,19H,5-13,15H2,1-4H3,(H,23,27). The fourth-order valence-electron chi connectivity index (χ4n) is 4.74. The fourth-order valence-corrected chi connectivity index (χ4v) is 4.74. The van der Waals surface area contributed by atoms with Crippen molar-refractivity contribution in [2.24, 2.45) is 0 Å². The Balaban J connectivity index is 1.60. The number of hydrogen-bond donors (Lipinski definition) is 1. The Labute approximate surface area is 169 Å². The van der Waals surface area contributed by atoms with Crippen LogP contribution in [0.4, 0.5) is 0 Å². The van der Waals surface area contributed by atoms with E-state index in [0.717, 1.165) is 24.3 Å². The quantitative estimate of drug-likeness (QED) is 0.844. The van der Waals surface area contributed by atoms with Gasteiger partial charge in [0.25, 0.3) is 5.91 Å². The van der Waals surface area contributed by atoms with Gasteiger partial charge in [0.05, 0.1) is 12.1 Å². The number of aryl methyl sites for hydroxylation is 1. The minimum Gasteiger partial charge on any atom is -0.353 e. The molecule has 2 aliphatic rings. The molecule has 1 aromatic heterocycles. The number of rotatable bonds is 5. The highest BCUT2D eigenvalue weighted by atomic mass is 16.2. The maximum Gasteiger partial charge on any atom is 0.255 e. The lowest BCUT2D eigenvalue weighted by Crippen LogP contribution is -2.51. The number of carbonyl (C=O) groups is 2. The van der Waals surface area contributed by atoms with Crippen LogP contribution >= 0.6 is 0 Å². The molecule has 1 N–H and O–H groups in total. The third-order valence-electron chi connectivity index (χ3n) is 6.13. The number of aromatic nitrogens is 1. The van der Waals surface area contributed by atoms with E-state index in [-0.39, 0.29) is 17.9 Å². The Morgan fingerprint density at radius 1 is 1.07 bits per heavy atom. The molecule has 0 radical (unpaired) electrons. The van der Waals surface area contributed by atoms with Crippen LogP contribution in [0.15, 0.2) is 6.07 Å². The Kier molecular flexibility index (Phi) is 6.81. The molecule has 0 spiro atoms. The van der Waals surface area contributed by atoms with Crippen molar-refractivity contribution in [2.45, 2.75) is 71.9 Å². The first-order valence-corrected chi connectivity index (χ1v) is 10.9. The Hall–Kier alpha value is -1.82. The number of carbonyl (C=O) groups excluding carboxylic acids is 2. The van der Waals surface area contributed by atoms with Gasteiger partial charge in [0.15, 0.2) is 0 Å². The maximum absolute atomic E-state index is 13.2. The first-order valence-electron chi connectivity index (χ1n) is 10.9. The monoisotopic (exact) mass is 388 g/mol. The Morgan fingerprint density at radius 3 is 2.32 bits per heavy atom. The van der Waals surface area contributed by atoms with Crippen molar-refractivity contribution in [2.75, 3.05) is 32.7 Å². The van der Waals surface area contributed by atoms with Crippen LogP contribution in [0.25, 0.3) is 0 Å². The highest BCUT2D eigenvalue weighted by Gasteiger charge is 2.27. The number of hydrogen-bond acceptors (Lipinski definition) is 3. The van der Waals surface area contributed by atoms with Crippen molar-refractivity contribution in [3.05, 3.63) is 23.0 Å². The van der Waals surface area contributed by atoms with E-state index in [1.54, 1.807) is 0 Å². The minimum atomic E-state index is 0.0609. The van der Waals surface area contributed by atoms with Crippen molar-refractivity contribution in [1.82, 2.24) is 19.7 Å². The van der Waals surface area contributed by atoms with E-state index in [2.05, 4.69) is 34.7 Å². The van der Waals surface area contributed by atoms with E-state index in [1.165, 1.54) is 37.8 Å². The van der Waals surface area contributed by atoms with Gasteiger partial charge in [0.1, 0.15) is 0 Å². The third kappa shape index (κ3) is 4.77. The molecular weight excluding hydrogens is 352 g/mol. The molecule has 3 rings (SSSR count). The summed E-state index contributed by atoms with van der Waals surface area (Å²) in [6.07, 6.45) is 6.36. The van der Waals surface area contributed by atoms with Gasteiger partial charge < -0.3 is 14.8 Å².